The summed E-state index contributed by atoms with van der Waals surface area (Å²) in [5, 5.41) is 1.29. The standard InChI is InChI=1S/C11H18NP/c1-7(2)9-6-12-10(8(3)4)5-11(9)13/h5-8H,13H2,1-4H3. The van der Waals surface area contributed by atoms with Crippen molar-refractivity contribution >= 4 is 14.5 Å². The van der Waals surface area contributed by atoms with E-state index in [0.29, 0.717) is 11.8 Å². The summed E-state index contributed by atoms with van der Waals surface area (Å²) in [7, 11) is 2.79. The van der Waals surface area contributed by atoms with Crippen LogP contribution in [0.5, 0.6) is 0 Å². The van der Waals surface area contributed by atoms with Gasteiger partial charge in [0.05, 0.1) is 0 Å². The molecule has 0 saturated heterocycles. The lowest BCUT2D eigenvalue weighted by molar-refractivity contribution is 0.808. The highest BCUT2D eigenvalue weighted by Crippen LogP contribution is 2.16. The van der Waals surface area contributed by atoms with E-state index < -0.39 is 0 Å². The van der Waals surface area contributed by atoms with Crippen LogP contribution in [0.3, 0.4) is 0 Å². The lowest BCUT2D eigenvalue weighted by Crippen LogP contribution is -2.07. The Bertz CT molecular complexity index is 292. The Morgan fingerprint density at radius 3 is 2.15 bits per heavy atom. The molecule has 1 atom stereocenters. The van der Waals surface area contributed by atoms with Gasteiger partial charge in [0.25, 0.3) is 0 Å². The van der Waals surface area contributed by atoms with Gasteiger partial charge in [0.1, 0.15) is 0 Å². The number of rotatable bonds is 2. The van der Waals surface area contributed by atoms with Gasteiger partial charge < -0.3 is 0 Å². The molecular formula is C11H18NP. The zero-order valence-corrected chi connectivity index (χ0v) is 9.99. The highest BCUT2D eigenvalue weighted by atomic mass is 31.0. The fourth-order valence-electron chi connectivity index (χ4n) is 1.30. The maximum absolute atomic E-state index is 4.45. The van der Waals surface area contributed by atoms with Crippen molar-refractivity contribution in [2.45, 2.75) is 39.5 Å². The van der Waals surface area contributed by atoms with E-state index in [0.717, 1.165) is 0 Å². The van der Waals surface area contributed by atoms with E-state index >= 15 is 0 Å². The molecule has 1 rings (SSSR count). The monoisotopic (exact) mass is 195 g/mol. The van der Waals surface area contributed by atoms with Gasteiger partial charge in [0, 0.05) is 11.9 Å². The van der Waals surface area contributed by atoms with Gasteiger partial charge in [-0.25, -0.2) is 0 Å². The number of aromatic nitrogens is 1. The summed E-state index contributed by atoms with van der Waals surface area (Å²) in [6.07, 6.45) is 2.00. The first-order valence-corrected chi connectivity index (χ1v) is 5.35. The first-order chi connectivity index (χ1) is 6.02. The van der Waals surface area contributed by atoms with E-state index in [9.17, 15) is 0 Å². The molecular weight excluding hydrogens is 177 g/mol. The third-order valence-corrected chi connectivity index (χ3v) is 2.70. The molecule has 0 fully saturated rings. The fourth-order valence-corrected chi connectivity index (χ4v) is 1.88. The van der Waals surface area contributed by atoms with Crippen molar-refractivity contribution in [3.8, 4) is 0 Å². The van der Waals surface area contributed by atoms with E-state index in [-0.39, 0.29) is 0 Å². The molecule has 0 aliphatic heterocycles. The molecule has 0 radical (unpaired) electrons. The van der Waals surface area contributed by atoms with Gasteiger partial charge >= 0.3 is 0 Å². The highest BCUT2D eigenvalue weighted by molar-refractivity contribution is 7.27. The van der Waals surface area contributed by atoms with E-state index in [1.807, 2.05) is 6.20 Å². The van der Waals surface area contributed by atoms with Crippen LogP contribution in [0.4, 0.5) is 0 Å². The third kappa shape index (κ3) is 2.51. The molecule has 1 nitrogen and oxygen atoms in total. The lowest BCUT2D eigenvalue weighted by Gasteiger charge is -2.11. The van der Waals surface area contributed by atoms with Crippen LogP contribution >= 0.6 is 9.24 Å². The van der Waals surface area contributed by atoms with E-state index in [4.69, 9.17) is 0 Å². The summed E-state index contributed by atoms with van der Waals surface area (Å²) >= 11 is 0. The molecule has 0 aromatic carbocycles. The zero-order chi connectivity index (χ0) is 10.0. The minimum Gasteiger partial charge on any atom is -0.261 e. The first kappa shape index (κ1) is 10.7. The summed E-state index contributed by atoms with van der Waals surface area (Å²) in [4.78, 5) is 4.45. The molecule has 1 unspecified atom stereocenters. The van der Waals surface area contributed by atoms with Crippen LogP contribution in [0, 0.1) is 0 Å². The molecule has 0 aliphatic rings. The predicted molar refractivity (Wildman–Crippen MR) is 61.8 cm³/mol. The average Bonchev–Trinajstić information content (AvgIpc) is 2.03. The van der Waals surface area contributed by atoms with Gasteiger partial charge in [-0.1, -0.05) is 27.7 Å². The Labute approximate surface area is 83.2 Å². The molecule has 0 N–H and O–H groups in total. The van der Waals surface area contributed by atoms with Crippen LogP contribution in [-0.4, -0.2) is 4.98 Å². The van der Waals surface area contributed by atoms with Crippen molar-refractivity contribution in [3.05, 3.63) is 23.5 Å². The van der Waals surface area contributed by atoms with Crippen molar-refractivity contribution in [2.24, 2.45) is 0 Å². The lowest BCUT2D eigenvalue weighted by atomic mass is 10.0. The normalized spacial score (nSPS) is 11.3. The van der Waals surface area contributed by atoms with E-state index in [2.05, 4.69) is 48.0 Å². The minimum atomic E-state index is 0.514. The topological polar surface area (TPSA) is 12.9 Å². The van der Waals surface area contributed by atoms with Crippen LogP contribution in [0.15, 0.2) is 12.3 Å². The first-order valence-electron chi connectivity index (χ1n) is 4.77. The van der Waals surface area contributed by atoms with E-state index in [1.165, 1.54) is 16.6 Å². The molecule has 0 bridgehead atoms. The van der Waals surface area contributed by atoms with Gasteiger partial charge in [0.2, 0.25) is 0 Å². The van der Waals surface area contributed by atoms with Gasteiger partial charge in [-0.05, 0) is 28.8 Å². The number of nitrogens with zero attached hydrogens (tertiary/aromatic N) is 1. The average molecular weight is 195 g/mol. The SMILES string of the molecule is CC(C)c1cc(P)c(C(C)C)cn1. The van der Waals surface area contributed by atoms with Gasteiger partial charge in [-0.3, -0.25) is 4.98 Å². The molecule has 13 heavy (non-hydrogen) atoms. The van der Waals surface area contributed by atoms with Crippen molar-refractivity contribution in [1.82, 2.24) is 4.98 Å². The fraction of sp³-hybridized carbons (Fsp3) is 0.545. The van der Waals surface area contributed by atoms with Crippen LogP contribution in [-0.2, 0) is 0 Å². The molecule has 0 spiro atoms. The second-order valence-corrected chi connectivity index (χ2v) is 4.67. The van der Waals surface area contributed by atoms with Crippen LogP contribution < -0.4 is 5.30 Å². The van der Waals surface area contributed by atoms with Crippen molar-refractivity contribution < 1.29 is 0 Å². The molecule has 72 valence electrons. The Kier molecular flexibility index (Phi) is 3.44. The Morgan fingerprint density at radius 1 is 1.15 bits per heavy atom. The van der Waals surface area contributed by atoms with Gasteiger partial charge in [-0.2, -0.15) is 0 Å². The number of pyridine rings is 1. The molecule has 0 aliphatic carbocycles. The molecule has 2 heteroatoms. The van der Waals surface area contributed by atoms with Crippen molar-refractivity contribution in [2.75, 3.05) is 0 Å². The van der Waals surface area contributed by atoms with Crippen LogP contribution in [0.2, 0.25) is 0 Å². The molecule has 0 amide bonds. The maximum Gasteiger partial charge on any atom is 0.0435 e. The van der Waals surface area contributed by atoms with Crippen molar-refractivity contribution in [1.29, 1.82) is 0 Å². The molecule has 1 aromatic heterocycles. The Hall–Kier alpha value is -0.420. The number of hydrogen-bond donors (Lipinski definition) is 0. The Morgan fingerprint density at radius 2 is 1.77 bits per heavy atom. The van der Waals surface area contributed by atoms with Gasteiger partial charge in [0.15, 0.2) is 0 Å². The quantitative estimate of drug-likeness (QED) is 0.661. The van der Waals surface area contributed by atoms with Gasteiger partial charge in [-0.15, -0.1) is 9.24 Å². The minimum absolute atomic E-state index is 0.514. The Balaban J connectivity index is 3.06. The van der Waals surface area contributed by atoms with Crippen LogP contribution in [0.25, 0.3) is 0 Å². The van der Waals surface area contributed by atoms with E-state index in [1.54, 1.807) is 0 Å². The second kappa shape index (κ2) is 4.19. The summed E-state index contributed by atoms with van der Waals surface area (Å²) in [6, 6.07) is 2.17. The molecule has 0 saturated carbocycles. The second-order valence-electron chi connectivity index (χ2n) is 4.05. The molecule has 1 aromatic rings. The van der Waals surface area contributed by atoms with Crippen LogP contribution in [0.1, 0.15) is 50.8 Å². The summed E-state index contributed by atoms with van der Waals surface area (Å²) in [5.41, 5.74) is 2.50. The summed E-state index contributed by atoms with van der Waals surface area (Å²) in [6.45, 7) is 8.72. The largest absolute Gasteiger partial charge is 0.261 e. The highest BCUT2D eigenvalue weighted by Gasteiger charge is 2.06. The summed E-state index contributed by atoms with van der Waals surface area (Å²) < 4.78 is 0. The predicted octanol–water partition coefficient (Wildman–Crippen LogP) is 2.83. The zero-order valence-electron chi connectivity index (χ0n) is 8.83. The number of hydrogen-bond acceptors (Lipinski definition) is 1. The maximum atomic E-state index is 4.45. The smallest absolute Gasteiger partial charge is 0.0435 e. The molecule has 1 heterocycles. The third-order valence-electron chi connectivity index (χ3n) is 2.20. The summed E-state index contributed by atoms with van der Waals surface area (Å²) in [5.74, 6) is 1.07. The van der Waals surface area contributed by atoms with Crippen molar-refractivity contribution in [3.63, 3.8) is 0 Å².